The van der Waals surface area contributed by atoms with Crippen LogP contribution in [0.25, 0.3) is 12.2 Å². The van der Waals surface area contributed by atoms with Gasteiger partial charge in [-0.3, -0.25) is 0 Å². The zero-order valence-electron chi connectivity index (χ0n) is 24.3. The van der Waals surface area contributed by atoms with Crippen LogP contribution >= 0.6 is 0 Å². The summed E-state index contributed by atoms with van der Waals surface area (Å²) in [5.41, 5.74) is 4.80. The average molecular weight is 531 g/mol. The molecular weight excluding hydrogens is 488 g/mol. The molecule has 0 fully saturated rings. The first-order chi connectivity index (χ1) is 19.7. The molecule has 0 saturated heterocycles. The van der Waals surface area contributed by atoms with Crippen molar-refractivity contribution in [2.24, 2.45) is 5.92 Å². The van der Waals surface area contributed by atoms with Gasteiger partial charge in [-0.2, -0.15) is 0 Å². The first-order valence-electron chi connectivity index (χ1n) is 14.7. The number of para-hydroxylation sites is 2. The van der Waals surface area contributed by atoms with Gasteiger partial charge >= 0.3 is 0 Å². The van der Waals surface area contributed by atoms with Gasteiger partial charge < -0.3 is 9.47 Å². The molecule has 40 heavy (non-hydrogen) atoms. The molecular formula is C38H42O2. The summed E-state index contributed by atoms with van der Waals surface area (Å²) in [5.74, 6) is 4.31. The van der Waals surface area contributed by atoms with Crippen molar-refractivity contribution in [3.05, 3.63) is 131 Å². The Balaban J connectivity index is 1.60. The fraction of sp³-hybridized carbons (Fsp3) is 0.263. The maximum atomic E-state index is 6.28. The molecule has 0 aliphatic carbocycles. The Morgan fingerprint density at radius 2 is 1.05 bits per heavy atom. The number of benzene rings is 4. The number of unbranched alkanes of at least 4 members (excludes halogenated alkanes) is 1. The van der Waals surface area contributed by atoms with E-state index in [1.807, 2.05) is 62.4 Å². The summed E-state index contributed by atoms with van der Waals surface area (Å²) in [5, 5.41) is 0. The molecule has 0 radical (unpaired) electrons. The standard InChI is InChI=1S/C38H42O2/c1-5-9-16-29(8-4)38(32-21-25-34(26-22-32)39-36-19-12-10-17-30(36)14-6-2)33-23-27-35(28-24-33)40-37-20-13-11-18-31(37)15-7-3/h6-7,10-15,17-29,38H,5,8-9,16H2,1-4H3/b14-6-,15-7-. The number of hydrogen-bond acceptors (Lipinski definition) is 2. The van der Waals surface area contributed by atoms with Crippen LogP contribution < -0.4 is 9.47 Å². The van der Waals surface area contributed by atoms with Crippen molar-refractivity contribution in [1.29, 1.82) is 0 Å². The van der Waals surface area contributed by atoms with Crippen LogP contribution in [0.1, 0.15) is 81.5 Å². The Kier molecular flexibility index (Phi) is 10.8. The summed E-state index contributed by atoms with van der Waals surface area (Å²) in [6.07, 6.45) is 13.0. The number of hydrogen-bond donors (Lipinski definition) is 0. The van der Waals surface area contributed by atoms with Gasteiger partial charge in [0.05, 0.1) is 0 Å². The zero-order valence-corrected chi connectivity index (χ0v) is 24.3. The topological polar surface area (TPSA) is 18.5 Å². The molecule has 2 nitrogen and oxygen atoms in total. The van der Waals surface area contributed by atoms with Gasteiger partial charge in [-0.15, -0.1) is 0 Å². The Bertz CT molecular complexity index is 1280. The minimum Gasteiger partial charge on any atom is -0.457 e. The van der Waals surface area contributed by atoms with Crippen molar-refractivity contribution in [1.82, 2.24) is 0 Å². The third-order valence-corrected chi connectivity index (χ3v) is 7.39. The van der Waals surface area contributed by atoms with Crippen LogP contribution in [0.2, 0.25) is 0 Å². The van der Waals surface area contributed by atoms with Crippen LogP contribution in [0.5, 0.6) is 23.0 Å². The highest BCUT2D eigenvalue weighted by atomic mass is 16.5. The molecule has 4 rings (SSSR count). The second-order valence-corrected chi connectivity index (χ2v) is 10.2. The van der Waals surface area contributed by atoms with Gasteiger partial charge in [-0.25, -0.2) is 0 Å². The smallest absolute Gasteiger partial charge is 0.134 e. The molecule has 1 unspecified atom stereocenters. The second kappa shape index (κ2) is 14.9. The summed E-state index contributed by atoms with van der Waals surface area (Å²) >= 11 is 0. The second-order valence-electron chi connectivity index (χ2n) is 10.2. The van der Waals surface area contributed by atoms with Crippen molar-refractivity contribution < 1.29 is 9.47 Å². The highest BCUT2D eigenvalue weighted by Crippen LogP contribution is 2.39. The predicted molar refractivity (Wildman–Crippen MR) is 170 cm³/mol. The van der Waals surface area contributed by atoms with Crippen molar-refractivity contribution in [3.63, 3.8) is 0 Å². The SMILES string of the molecule is C/C=C\c1ccccc1Oc1ccc(C(c2ccc(Oc3ccccc3/C=C\C)cc2)C(CC)CCCC)cc1. The first kappa shape index (κ1) is 29.0. The predicted octanol–water partition coefficient (Wildman–Crippen LogP) is 11.7. The van der Waals surface area contributed by atoms with E-state index in [0.29, 0.717) is 11.8 Å². The van der Waals surface area contributed by atoms with Gasteiger partial charge in [0.1, 0.15) is 23.0 Å². The molecule has 1 atom stereocenters. The lowest BCUT2D eigenvalue weighted by molar-refractivity contribution is 0.405. The Labute approximate surface area is 241 Å². The van der Waals surface area contributed by atoms with Gasteiger partial charge in [0, 0.05) is 17.0 Å². The first-order valence-corrected chi connectivity index (χ1v) is 14.7. The largest absolute Gasteiger partial charge is 0.457 e. The molecule has 0 N–H and O–H groups in total. The highest BCUT2D eigenvalue weighted by Gasteiger charge is 2.24. The molecule has 0 heterocycles. The maximum absolute atomic E-state index is 6.28. The molecule has 0 bridgehead atoms. The van der Waals surface area contributed by atoms with Gasteiger partial charge in [-0.05, 0) is 73.7 Å². The van der Waals surface area contributed by atoms with Gasteiger partial charge in [0.15, 0.2) is 0 Å². The van der Waals surface area contributed by atoms with Gasteiger partial charge in [-0.1, -0.05) is 118 Å². The quantitative estimate of drug-likeness (QED) is 0.171. The van der Waals surface area contributed by atoms with E-state index in [0.717, 1.165) is 40.5 Å². The minimum absolute atomic E-state index is 0.310. The van der Waals surface area contributed by atoms with Crippen LogP contribution in [0.3, 0.4) is 0 Å². The zero-order chi connectivity index (χ0) is 28.2. The molecule has 4 aromatic carbocycles. The summed E-state index contributed by atoms with van der Waals surface area (Å²) in [7, 11) is 0. The molecule has 0 amide bonds. The molecule has 0 aliphatic rings. The summed E-state index contributed by atoms with van der Waals surface area (Å²) < 4.78 is 12.6. The Hall–Kier alpha value is -4.04. The number of rotatable bonds is 13. The fourth-order valence-corrected chi connectivity index (χ4v) is 5.33. The van der Waals surface area contributed by atoms with Crippen LogP contribution in [0.15, 0.2) is 109 Å². The summed E-state index contributed by atoms with van der Waals surface area (Å²) in [4.78, 5) is 0. The highest BCUT2D eigenvalue weighted by molar-refractivity contribution is 5.58. The number of ether oxygens (including phenoxy) is 2. The molecule has 0 spiro atoms. The van der Waals surface area contributed by atoms with Crippen LogP contribution in [0, 0.1) is 5.92 Å². The van der Waals surface area contributed by atoms with Crippen LogP contribution in [-0.2, 0) is 0 Å². The van der Waals surface area contributed by atoms with Crippen molar-refractivity contribution in [3.8, 4) is 23.0 Å². The van der Waals surface area contributed by atoms with E-state index in [1.165, 1.54) is 30.4 Å². The molecule has 4 aromatic rings. The van der Waals surface area contributed by atoms with E-state index in [4.69, 9.17) is 9.47 Å². The summed E-state index contributed by atoms with van der Waals surface area (Å²) in [6, 6.07) is 33.7. The van der Waals surface area contributed by atoms with E-state index in [9.17, 15) is 0 Å². The molecule has 0 saturated carbocycles. The Morgan fingerprint density at radius 1 is 0.600 bits per heavy atom. The Morgan fingerprint density at radius 3 is 1.45 bits per heavy atom. The molecule has 2 heteroatoms. The summed E-state index contributed by atoms with van der Waals surface area (Å²) in [6.45, 7) is 8.64. The van der Waals surface area contributed by atoms with E-state index in [-0.39, 0.29) is 0 Å². The lowest BCUT2D eigenvalue weighted by Crippen LogP contribution is -2.14. The molecule has 0 aliphatic heterocycles. The number of allylic oxidation sites excluding steroid dienone is 2. The minimum atomic E-state index is 0.310. The maximum Gasteiger partial charge on any atom is 0.134 e. The van der Waals surface area contributed by atoms with Crippen molar-refractivity contribution in [2.75, 3.05) is 0 Å². The van der Waals surface area contributed by atoms with Gasteiger partial charge in [0.2, 0.25) is 0 Å². The van der Waals surface area contributed by atoms with E-state index < -0.39 is 0 Å². The normalized spacial score (nSPS) is 12.3. The third kappa shape index (κ3) is 7.54. The van der Waals surface area contributed by atoms with E-state index >= 15 is 0 Å². The lowest BCUT2D eigenvalue weighted by Gasteiger charge is -2.28. The van der Waals surface area contributed by atoms with E-state index in [2.05, 4.69) is 86.7 Å². The third-order valence-electron chi connectivity index (χ3n) is 7.39. The fourth-order valence-electron chi connectivity index (χ4n) is 5.33. The van der Waals surface area contributed by atoms with Crippen molar-refractivity contribution in [2.45, 2.75) is 59.3 Å². The van der Waals surface area contributed by atoms with Crippen LogP contribution in [-0.4, -0.2) is 0 Å². The monoisotopic (exact) mass is 530 g/mol. The van der Waals surface area contributed by atoms with Crippen LogP contribution in [0.4, 0.5) is 0 Å². The van der Waals surface area contributed by atoms with E-state index in [1.54, 1.807) is 0 Å². The van der Waals surface area contributed by atoms with Gasteiger partial charge in [0.25, 0.3) is 0 Å². The lowest BCUT2D eigenvalue weighted by atomic mass is 9.77. The molecule has 206 valence electrons. The molecule has 0 aromatic heterocycles. The average Bonchev–Trinajstić information content (AvgIpc) is 2.99. The van der Waals surface area contributed by atoms with Crippen molar-refractivity contribution >= 4 is 12.2 Å².